The number of carbonyl (C=O) groups is 1. The van der Waals surface area contributed by atoms with Crippen molar-refractivity contribution in [1.82, 2.24) is 4.98 Å². The third kappa shape index (κ3) is 3.47. The van der Waals surface area contributed by atoms with Gasteiger partial charge in [-0.2, -0.15) is 0 Å². The van der Waals surface area contributed by atoms with Crippen molar-refractivity contribution in [3.05, 3.63) is 59.4 Å². The Labute approximate surface area is 124 Å². The van der Waals surface area contributed by atoms with Gasteiger partial charge in [0.05, 0.1) is 18.4 Å². The van der Waals surface area contributed by atoms with E-state index in [1.165, 1.54) is 0 Å². The van der Waals surface area contributed by atoms with Crippen molar-refractivity contribution in [3.63, 3.8) is 0 Å². The molecule has 1 amide bonds. The third-order valence-electron chi connectivity index (χ3n) is 3.14. The van der Waals surface area contributed by atoms with Gasteiger partial charge in [-0.25, -0.2) is 0 Å². The van der Waals surface area contributed by atoms with Crippen molar-refractivity contribution in [3.8, 4) is 11.8 Å². The molecule has 0 aliphatic rings. The highest BCUT2D eigenvalue weighted by atomic mass is 16.2. The van der Waals surface area contributed by atoms with Crippen LogP contribution in [0.5, 0.6) is 0 Å². The lowest BCUT2D eigenvalue weighted by Crippen LogP contribution is -2.27. The van der Waals surface area contributed by atoms with Gasteiger partial charge < -0.3 is 10.6 Å². The summed E-state index contributed by atoms with van der Waals surface area (Å²) >= 11 is 0. The molecule has 1 aromatic carbocycles. The minimum atomic E-state index is -0.0862. The lowest BCUT2D eigenvalue weighted by molar-refractivity contribution is 0.0992. The Balaban J connectivity index is 2.34. The van der Waals surface area contributed by atoms with Crippen LogP contribution in [0.2, 0.25) is 0 Å². The molecule has 0 spiro atoms. The van der Waals surface area contributed by atoms with E-state index in [-0.39, 0.29) is 5.91 Å². The molecular weight excluding hydrogens is 262 g/mol. The number of aryl methyl sites for hydroxylation is 1. The number of pyridine rings is 1. The zero-order valence-corrected chi connectivity index (χ0v) is 12.1. The fraction of sp³-hybridized carbons (Fsp3) is 0.176. The average Bonchev–Trinajstić information content (AvgIpc) is 2.53. The lowest BCUT2D eigenvalue weighted by Gasteiger charge is -2.18. The smallest absolute Gasteiger partial charge is 0.258 e. The predicted octanol–water partition coefficient (Wildman–Crippen LogP) is 1.98. The maximum absolute atomic E-state index is 12.6. The van der Waals surface area contributed by atoms with Gasteiger partial charge in [-0.05, 0) is 36.8 Å². The number of aromatic nitrogens is 1. The van der Waals surface area contributed by atoms with Gasteiger partial charge in [0.25, 0.3) is 5.91 Å². The molecule has 1 heterocycles. The van der Waals surface area contributed by atoms with Gasteiger partial charge in [0, 0.05) is 24.4 Å². The first-order chi connectivity index (χ1) is 10.1. The second-order valence-electron chi connectivity index (χ2n) is 4.61. The topological polar surface area (TPSA) is 59.2 Å². The van der Waals surface area contributed by atoms with E-state index < -0.39 is 0 Å². The van der Waals surface area contributed by atoms with E-state index in [0.29, 0.717) is 12.1 Å². The van der Waals surface area contributed by atoms with Crippen LogP contribution in [0, 0.1) is 18.8 Å². The third-order valence-corrected chi connectivity index (χ3v) is 3.14. The molecule has 0 radical (unpaired) electrons. The predicted molar refractivity (Wildman–Crippen MR) is 84.1 cm³/mol. The average molecular weight is 279 g/mol. The zero-order chi connectivity index (χ0) is 15.2. The molecule has 2 aromatic rings. The van der Waals surface area contributed by atoms with Gasteiger partial charge >= 0.3 is 0 Å². The minimum absolute atomic E-state index is 0.0862. The van der Waals surface area contributed by atoms with Crippen molar-refractivity contribution < 1.29 is 4.79 Å². The zero-order valence-electron chi connectivity index (χ0n) is 12.1. The highest BCUT2D eigenvalue weighted by Gasteiger charge is 2.16. The number of amides is 1. The highest BCUT2D eigenvalue weighted by Crippen LogP contribution is 2.17. The van der Waals surface area contributed by atoms with E-state index in [9.17, 15) is 4.79 Å². The first-order valence-electron chi connectivity index (χ1n) is 6.61. The summed E-state index contributed by atoms with van der Waals surface area (Å²) in [7, 11) is 1.73. The van der Waals surface area contributed by atoms with Crippen LogP contribution in [-0.2, 0) is 0 Å². The van der Waals surface area contributed by atoms with Crippen molar-refractivity contribution in [1.29, 1.82) is 0 Å². The Morgan fingerprint density at radius 3 is 2.86 bits per heavy atom. The van der Waals surface area contributed by atoms with E-state index >= 15 is 0 Å². The summed E-state index contributed by atoms with van der Waals surface area (Å²) in [5.74, 6) is 5.66. The van der Waals surface area contributed by atoms with Crippen LogP contribution in [-0.4, -0.2) is 24.5 Å². The highest BCUT2D eigenvalue weighted by molar-refractivity contribution is 6.06. The van der Waals surface area contributed by atoms with Crippen molar-refractivity contribution >= 4 is 11.6 Å². The molecule has 0 saturated carbocycles. The van der Waals surface area contributed by atoms with Crippen LogP contribution in [0.1, 0.15) is 21.5 Å². The molecule has 4 nitrogen and oxygen atoms in total. The summed E-state index contributed by atoms with van der Waals surface area (Å²) in [6.07, 6.45) is 3.33. The molecule has 0 atom stereocenters. The molecule has 21 heavy (non-hydrogen) atoms. The van der Waals surface area contributed by atoms with Gasteiger partial charge in [0.2, 0.25) is 0 Å². The number of anilines is 1. The Bertz CT molecular complexity index is 699. The molecule has 0 unspecified atom stereocenters. The molecule has 2 rings (SSSR count). The first kappa shape index (κ1) is 14.8. The molecule has 0 aliphatic heterocycles. The summed E-state index contributed by atoms with van der Waals surface area (Å²) in [5, 5.41) is 0. The van der Waals surface area contributed by atoms with Crippen molar-refractivity contribution in [2.75, 3.05) is 18.5 Å². The normalized spacial score (nSPS) is 9.67. The number of carbonyl (C=O) groups excluding carboxylic acids is 1. The minimum Gasteiger partial charge on any atom is -0.320 e. The molecule has 106 valence electrons. The summed E-state index contributed by atoms with van der Waals surface area (Å²) in [6, 6.07) is 9.23. The summed E-state index contributed by atoms with van der Waals surface area (Å²) in [5.41, 5.74) is 8.45. The van der Waals surface area contributed by atoms with Crippen molar-refractivity contribution in [2.45, 2.75) is 6.92 Å². The number of hydrogen-bond donors (Lipinski definition) is 1. The van der Waals surface area contributed by atoms with Gasteiger partial charge in [0.1, 0.15) is 0 Å². The second-order valence-corrected chi connectivity index (χ2v) is 4.61. The van der Waals surface area contributed by atoms with Gasteiger partial charge in [-0.3, -0.25) is 9.78 Å². The molecule has 2 N–H and O–H groups in total. The molecule has 0 aliphatic carbocycles. The Morgan fingerprint density at radius 1 is 1.38 bits per heavy atom. The molecule has 0 saturated heterocycles. The largest absolute Gasteiger partial charge is 0.320 e. The molecule has 1 aromatic heterocycles. The van der Waals surface area contributed by atoms with Crippen LogP contribution in [0.15, 0.2) is 42.7 Å². The Kier molecular flexibility index (Phi) is 4.70. The van der Waals surface area contributed by atoms with E-state index in [2.05, 4.69) is 16.8 Å². The maximum atomic E-state index is 12.6. The fourth-order valence-corrected chi connectivity index (χ4v) is 1.93. The van der Waals surface area contributed by atoms with E-state index in [1.807, 2.05) is 25.1 Å². The van der Waals surface area contributed by atoms with E-state index in [4.69, 9.17) is 5.73 Å². The van der Waals surface area contributed by atoms with Gasteiger partial charge in [-0.1, -0.05) is 17.9 Å². The summed E-state index contributed by atoms with van der Waals surface area (Å²) < 4.78 is 0. The fourth-order valence-electron chi connectivity index (χ4n) is 1.93. The number of nitrogens with zero attached hydrogens (tertiary/aromatic N) is 2. The van der Waals surface area contributed by atoms with Crippen LogP contribution in [0.25, 0.3) is 0 Å². The van der Waals surface area contributed by atoms with Crippen LogP contribution < -0.4 is 10.6 Å². The molecular formula is C17H17N3O. The van der Waals surface area contributed by atoms with E-state index in [0.717, 1.165) is 16.8 Å². The van der Waals surface area contributed by atoms with Gasteiger partial charge in [-0.15, -0.1) is 0 Å². The SMILES string of the molecule is Cc1ccc(C#CCN)cc1C(=O)N(C)c1cccnc1. The lowest BCUT2D eigenvalue weighted by atomic mass is 10.0. The second kappa shape index (κ2) is 6.69. The first-order valence-corrected chi connectivity index (χ1v) is 6.61. The summed E-state index contributed by atoms with van der Waals surface area (Å²) in [6.45, 7) is 2.21. The standard InChI is InChI=1S/C17H17N3O/c1-13-7-8-14(5-3-9-18)11-16(13)17(21)20(2)15-6-4-10-19-12-15/h4,6-8,10-12H,9,18H2,1-2H3. The Morgan fingerprint density at radius 2 is 2.19 bits per heavy atom. The van der Waals surface area contributed by atoms with Crippen LogP contribution in [0.4, 0.5) is 5.69 Å². The monoisotopic (exact) mass is 279 g/mol. The molecule has 0 fully saturated rings. The van der Waals surface area contributed by atoms with Crippen LogP contribution >= 0.6 is 0 Å². The van der Waals surface area contributed by atoms with Gasteiger partial charge in [0.15, 0.2) is 0 Å². The maximum Gasteiger partial charge on any atom is 0.258 e. The summed E-state index contributed by atoms with van der Waals surface area (Å²) in [4.78, 5) is 18.2. The number of hydrogen-bond acceptors (Lipinski definition) is 3. The number of benzene rings is 1. The van der Waals surface area contributed by atoms with Crippen LogP contribution in [0.3, 0.4) is 0 Å². The van der Waals surface area contributed by atoms with Crippen molar-refractivity contribution in [2.24, 2.45) is 5.73 Å². The molecule has 0 bridgehead atoms. The number of nitrogens with two attached hydrogens (primary N) is 1. The Hall–Kier alpha value is -2.64. The molecule has 4 heteroatoms. The number of rotatable bonds is 2. The van der Waals surface area contributed by atoms with E-state index in [1.54, 1.807) is 36.5 Å². The quantitative estimate of drug-likeness (QED) is 0.855.